The van der Waals surface area contributed by atoms with Gasteiger partial charge in [0.2, 0.25) is 5.89 Å². The summed E-state index contributed by atoms with van der Waals surface area (Å²) in [6.45, 7) is 2.00. The van der Waals surface area contributed by atoms with E-state index in [0.29, 0.717) is 23.9 Å². The lowest BCUT2D eigenvalue weighted by molar-refractivity contribution is 0.388. The van der Waals surface area contributed by atoms with E-state index in [1.165, 1.54) is 6.26 Å². The maximum atomic E-state index is 11.6. The molecule has 1 aromatic heterocycles. The van der Waals surface area contributed by atoms with Gasteiger partial charge in [-0.15, -0.1) is 0 Å². The van der Waals surface area contributed by atoms with E-state index in [2.05, 4.69) is 15.5 Å². The molecular formula is C11H13N3O3S. The van der Waals surface area contributed by atoms with Crippen molar-refractivity contribution < 1.29 is 12.9 Å². The first-order valence-electron chi connectivity index (χ1n) is 5.29. The fourth-order valence-corrected chi connectivity index (χ4v) is 2.39. The van der Waals surface area contributed by atoms with Crippen LogP contribution in [-0.4, -0.2) is 24.8 Å². The third-order valence-corrected chi connectivity index (χ3v) is 3.45. The van der Waals surface area contributed by atoms with Crippen LogP contribution in [0.4, 0.5) is 5.69 Å². The van der Waals surface area contributed by atoms with E-state index in [1.54, 1.807) is 31.2 Å². The molecular weight excluding hydrogens is 254 g/mol. The topological polar surface area (TPSA) is 85.1 Å². The van der Waals surface area contributed by atoms with Crippen molar-refractivity contribution in [1.29, 1.82) is 0 Å². The zero-order valence-corrected chi connectivity index (χ0v) is 10.9. The lowest BCUT2D eigenvalue weighted by atomic mass is 10.3. The summed E-state index contributed by atoms with van der Waals surface area (Å²) in [6, 6.07) is 6.70. The van der Waals surface area contributed by atoms with Gasteiger partial charge in [0.15, 0.2) is 15.7 Å². The smallest absolute Gasteiger partial charge is 0.223 e. The molecule has 0 spiro atoms. The molecule has 0 atom stereocenters. The number of hydrogen-bond donors (Lipinski definition) is 1. The Balaban J connectivity index is 2.20. The lowest BCUT2D eigenvalue weighted by Gasteiger charge is -2.08. The number of nitrogens with one attached hydrogen (secondary N) is 1. The summed E-state index contributed by atoms with van der Waals surface area (Å²) < 4.78 is 28.0. The molecule has 0 radical (unpaired) electrons. The van der Waals surface area contributed by atoms with Crippen molar-refractivity contribution in [2.24, 2.45) is 0 Å². The van der Waals surface area contributed by atoms with Crippen LogP contribution in [0.3, 0.4) is 0 Å². The first-order chi connectivity index (χ1) is 8.47. The molecule has 1 aromatic carbocycles. The summed E-state index contributed by atoms with van der Waals surface area (Å²) in [5.41, 5.74) is 0.530. The van der Waals surface area contributed by atoms with Crippen molar-refractivity contribution in [2.45, 2.75) is 18.4 Å². The van der Waals surface area contributed by atoms with Crippen LogP contribution in [0.25, 0.3) is 0 Å². The van der Waals surface area contributed by atoms with Gasteiger partial charge in [-0.3, -0.25) is 0 Å². The summed E-state index contributed by atoms with van der Waals surface area (Å²) in [4.78, 5) is 4.28. The third-order valence-electron chi connectivity index (χ3n) is 2.29. The number of rotatable bonds is 4. The second-order valence-corrected chi connectivity index (χ2v) is 5.84. The Morgan fingerprint density at radius 1 is 1.33 bits per heavy atom. The van der Waals surface area contributed by atoms with Crippen molar-refractivity contribution in [2.75, 3.05) is 11.6 Å². The van der Waals surface area contributed by atoms with Gasteiger partial charge in [-0.05, 0) is 12.1 Å². The summed E-state index contributed by atoms with van der Waals surface area (Å²) >= 11 is 0. The van der Waals surface area contributed by atoms with Gasteiger partial charge in [0, 0.05) is 13.2 Å². The standard InChI is InChI=1S/C11H13N3O3S/c1-8-13-11(14-17-8)7-12-9-5-3-4-6-10(9)18(2,15)16/h3-6,12H,7H2,1-2H3. The van der Waals surface area contributed by atoms with Crippen molar-refractivity contribution in [1.82, 2.24) is 10.1 Å². The van der Waals surface area contributed by atoms with Crippen molar-refractivity contribution in [3.8, 4) is 0 Å². The number of para-hydroxylation sites is 1. The maximum absolute atomic E-state index is 11.6. The van der Waals surface area contributed by atoms with Crippen LogP contribution in [0.15, 0.2) is 33.7 Å². The highest BCUT2D eigenvalue weighted by Gasteiger charge is 2.12. The molecule has 2 rings (SSSR count). The molecule has 0 amide bonds. The molecule has 0 saturated carbocycles. The fraction of sp³-hybridized carbons (Fsp3) is 0.273. The Hall–Kier alpha value is -1.89. The Bertz CT molecular complexity index is 649. The zero-order valence-electron chi connectivity index (χ0n) is 10.0. The van der Waals surface area contributed by atoms with E-state index in [9.17, 15) is 8.42 Å². The number of hydrogen-bond acceptors (Lipinski definition) is 6. The first kappa shape index (κ1) is 12.6. The monoisotopic (exact) mass is 267 g/mol. The Morgan fingerprint density at radius 3 is 2.67 bits per heavy atom. The molecule has 7 heteroatoms. The summed E-state index contributed by atoms with van der Waals surface area (Å²) in [5.74, 6) is 0.957. The number of nitrogens with zero attached hydrogens (tertiary/aromatic N) is 2. The predicted molar refractivity (Wildman–Crippen MR) is 65.9 cm³/mol. The van der Waals surface area contributed by atoms with Gasteiger partial charge in [0.1, 0.15) is 0 Å². The average molecular weight is 267 g/mol. The predicted octanol–water partition coefficient (Wildman–Crippen LogP) is 1.39. The van der Waals surface area contributed by atoms with Crippen LogP contribution in [0.5, 0.6) is 0 Å². The van der Waals surface area contributed by atoms with Gasteiger partial charge in [-0.1, -0.05) is 17.3 Å². The van der Waals surface area contributed by atoms with Crippen LogP contribution >= 0.6 is 0 Å². The number of aryl methyl sites for hydroxylation is 1. The quantitative estimate of drug-likeness (QED) is 0.901. The van der Waals surface area contributed by atoms with Crippen LogP contribution in [0, 0.1) is 6.92 Å². The highest BCUT2D eigenvalue weighted by atomic mass is 32.2. The Kier molecular flexibility index (Phi) is 3.33. The molecule has 0 aliphatic heterocycles. The maximum Gasteiger partial charge on any atom is 0.223 e. The van der Waals surface area contributed by atoms with E-state index in [0.717, 1.165) is 0 Å². The van der Waals surface area contributed by atoms with Crippen LogP contribution in [-0.2, 0) is 16.4 Å². The van der Waals surface area contributed by atoms with Crippen molar-refractivity contribution >= 4 is 15.5 Å². The van der Waals surface area contributed by atoms with Crippen LogP contribution in [0.2, 0.25) is 0 Å². The average Bonchev–Trinajstić information content (AvgIpc) is 2.72. The van der Waals surface area contributed by atoms with Gasteiger partial charge in [0.25, 0.3) is 0 Å². The molecule has 0 aliphatic rings. The van der Waals surface area contributed by atoms with E-state index >= 15 is 0 Å². The summed E-state index contributed by atoms with van der Waals surface area (Å²) in [7, 11) is -3.26. The molecule has 6 nitrogen and oxygen atoms in total. The molecule has 0 bridgehead atoms. The summed E-state index contributed by atoms with van der Waals surface area (Å²) in [5, 5.41) is 6.71. The molecule has 1 heterocycles. The highest BCUT2D eigenvalue weighted by molar-refractivity contribution is 7.90. The van der Waals surface area contributed by atoms with E-state index in [1.807, 2.05) is 0 Å². The number of benzene rings is 1. The van der Waals surface area contributed by atoms with Crippen LogP contribution in [0.1, 0.15) is 11.7 Å². The van der Waals surface area contributed by atoms with E-state index in [-0.39, 0.29) is 4.90 Å². The van der Waals surface area contributed by atoms with Gasteiger partial charge >= 0.3 is 0 Å². The Labute approximate surface area is 105 Å². The molecule has 2 aromatic rings. The van der Waals surface area contributed by atoms with Crippen LogP contribution < -0.4 is 5.32 Å². The molecule has 18 heavy (non-hydrogen) atoms. The number of anilines is 1. The van der Waals surface area contributed by atoms with Gasteiger partial charge in [-0.2, -0.15) is 4.98 Å². The SMILES string of the molecule is Cc1nc(CNc2ccccc2S(C)(=O)=O)no1. The molecule has 0 aliphatic carbocycles. The minimum atomic E-state index is -3.26. The second kappa shape index (κ2) is 4.77. The van der Waals surface area contributed by atoms with Gasteiger partial charge in [-0.25, -0.2) is 8.42 Å². The Morgan fingerprint density at radius 2 is 2.06 bits per heavy atom. The first-order valence-corrected chi connectivity index (χ1v) is 7.18. The number of sulfone groups is 1. The molecule has 96 valence electrons. The zero-order chi connectivity index (χ0) is 13.2. The van der Waals surface area contributed by atoms with Crippen molar-refractivity contribution in [3.63, 3.8) is 0 Å². The number of aromatic nitrogens is 2. The molecule has 1 N–H and O–H groups in total. The van der Waals surface area contributed by atoms with Crippen molar-refractivity contribution in [3.05, 3.63) is 36.0 Å². The molecule has 0 unspecified atom stereocenters. The lowest BCUT2D eigenvalue weighted by Crippen LogP contribution is -2.06. The molecule has 0 saturated heterocycles. The largest absolute Gasteiger partial charge is 0.377 e. The second-order valence-electron chi connectivity index (χ2n) is 3.85. The van der Waals surface area contributed by atoms with Gasteiger partial charge < -0.3 is 9.84 Å². The van der Waals surface area contributed by atoms with E-state index < -0.39 is 9.84 Å². The third kappa shape index (κ3) is 2.86. The minimum Gasteiger partial charge on any atom is -0.377 e. The molecule has 0 fully saturated rings. The van der Waals surface area contributed by atoms with E-state index in [4.69, 9.17) is 4.52 Å². The fourth-order valence-electron chi connectivity index (χ4n) is 1.52. The highest BCUT2D eigenvalue weighted by Crippen LogP contribution is 2.20. The normalized spacial score (nSPS) is 11.4. The summed E-state index contributed by atoms with van der Waals surface area (Å²) in [6.07, 6.45) is 1.17. The minimum absolute atomic E-state index is 0.255. The van der Waals surface area contributed by atoms with Gasteiger partial charge in [0.05, 0.1) is 17.1 Å².